The number of anilines is 1. The van der Waals surface area contributed by atoms with Crippen LogP contribution in [0.25, 0.3) is 11.2 Å². The third-order valence-corrected chi connectivity index (χ3v) is 9.14. The molecule has 0 aliphatic carbocycles. The molecule has 0 bridgehead atoms. The van der Waals surface area contributed by atoms with Gasteiger partial charge in [-0.25, -0.2) is 19.3 Å². The first kappa shape index (κ1) is 33.4. The highest BCUT2D eigenvalue weighted by molar-refractivity contribution is 7.32. The van der Waals surface area contributed by atoms with Crippen LogP contribution < -0.4 is 10.1 Å². The van der Waals surface area contributed by atoms with Crippen molar-refractivity contribution in [3.63, 3.8) is 0 Å². The largest absolute Gasteiger partial charge is 0.694 e. The highest BCUT2D eigenvalue weighted by Gasteiger charge is 2.49. The van der Waals surface area contributed by atoms with E-state index in [2.05, 4.69) is 51.7 Å². The lowest BCUT2D eigenvalue weighted by Gasteiger charge is -2.37. The number of rotatable bonds is 13. The standard InChI is InChI=1S/C37H33FN5O6P/c1-46-29-19-17-25(18-20-29)21-47-33-31(38)30(22-48-50(44)45)49-36(33)43-24-41-32-34(39-23-40-35(32)43)42-37(26-11-5-2-6-12-26,27-13-7-3-8-14-27)28-15-9-4-10-16-28/h2-20,23-24,30-31,33,36H,21-22H2,1H3,(H-,39,40,42,44,45)/p+1/t30-,31?,33+,36-/m1/s1. The maximum atomic E-state index is 16.0. The molecule has 50 heavy (non-hydrogen) atoms. The molecule has 1 saturated heterocycles. The molecule has 13 heteroatoms. The number of hydrogen-bond donors (Lipinski definition) is 2. The van der Waals surface area contributed by atoms with E-state index < -0.39 is 45.0 Å². The first-order valence-electron chi connectivity index (χ1n) is 15.9. The zero-order chi connectivity index (χ0) is 34.5. The summed E-state index contributed by atoms with van der Waals surface area (Å²) in [5, 5.41) is 3.74. The lowest BCUT2D eigenvalue weighted by Crippen LogP contribution is -2.38. The lowest BCUT2D eigenvalue weighted by atomic mass is 9.77. The third-order valence-electron chi connectivity index (χ3n) is 8.77. The van der Waals surface area contributed by atoms with Crippen LogP contribution in [0, 0.1) is 0 Å². The molecule has 0 amide bonds. The van der Waals surface area contributed by atoms with E-state index >= 15 is 4.39 Å². The first-order valence-corrected chi connectivity index (χ1v) is 17.1. The van der Waals surface area contributed by atoms with Crippen LogP contribution in [0.3, 0.4) is 0 Å². The molecular formula is C37H34FN5O6P+. The number of nitrogens with zero attached hydrogens (tertiary/aromatic N) is 4. The average Bonchev–Trinajstić information content (AvgIpc) is 3.74. The van der Waals surface area contributed by atoms with Crippen LogP contribution in [0.5, 0.6) is 5.75 Å². The lowest BCUT2D eigenvalue weighted by molar-refractivity contribution is -0.0729. The number of halogens is 1. The van der Waals surface area contributed by atoms with Gasteiger partial charge in [-0.3, -0.25) is 4.57 Å². The molecule has 2 unspecified atom stereocenters. The zero-order valence-electron chi connectivity index (χ0n) is 27.0. The number of nitrogens with one attached hydrogen (secondary N) is 1. The molecule has 0 saturated carbocycles. The third kappa shape index (κ3) is 6.59. The van der Waals surface area contributed by atoms with Crippen LogP contribution in [-0.2, 0) is 30.7 Å². The monoisotopic (exact) mass is 694 g/mol. The Labute approximate surface area is 288 Å². The molecule has 4 aromatic carbocycles. The van der Waals surface area contributed by atoms with Gasteiger partial charge in [0.05, 0.1) is 20.0 Å². The Morgan fingerprint density at radius 1 is 0.880 bits per heavy atom. The van der Waals surface area contributed by atoms with E-state index in [4.69, 9.17) is 23.7 Å². The van der Waals surface area contributed by atoms with E-state index in [1.807, 2.05) is 66.7 Å². The van der Waals surface area contributed by atoms with Crippen LogP contribution in [0.15, 0.2) is 128 Å². The summed E-state index contributed by atoms with van der Waals surface area (Å²) in [5.41, 5.74) is 3.61. The van der Waals surface area contributed by atoms with Crippen molar-refractivity contribution in [2.45, 2.75) is 36.8 Å². The highest BCUT2D eigenvalue weighted by atomic mass is 31.1. The summed E-state index contributed by atoms with van der Waals surface area (Å²) < 4.78 is 51.3. The Kier molecular flexibility index (Phi) is 9.88. The van der Waals surface area contributed by atoms with Gasteiger partial charge in [-0.1, -0.05) is 103 Å². The van der Waals surface area contributed by atoms with Crippen molar-refractivity contribution in [3.05, 3.63) is 150 Å². The van der Waals surface area contributed by atoms with Gasteiger partial charge in [-0.05, 0) is 34.4 Å². The molecule has 2 N–H and O–H groups in total. The van der Waals surface area contributed by atoms with Gasteiger partial charge in [0, 0.05) is 4.57 Å². The van der Waals surface area contributed by atoms with Gasteiger partial charge in [-0.2, -0.15) is 0 Å². The molecule has 3 heterocycles. The predicted molar refractivity (Wildman–Crippen MR) is 184 cm³/mol. The number of imidazole rings is 1. The highest BCUT2D eigenvalue weighted by Crippen LogP contribution is 2.42. The van der Waals surface area contributed by atoms with Crippen LogP contribution in [0.2, 0.25) is 0 Å². The molecule has 1 aliphatic rings. The van der Waals surface area contributed by atoms with Crippen LogP contribution in [0.1, 0.15) is 28.5 Å². The van der Waals surface area contributed by atoms with E-state index in [1.54, 1.807) is 23.8 Å². The minimum atomic E-state index is -2.96. The number of aromatic nitrogens is 4. The number of fused-ring (bicyclic) bond motifs is 1. The van der Waals surface area contributed by atoms with Gasteiger partial charge in [0.15, 0.2) is 29.4 Å². The molecule has 6 aromatic rings. The number of alkyl halides is 1. The Hall–Kier alpha value is -5.10. The average molecular weight is 695 g/mol. The van der Waals surface area contributed by atoms with Crippen molar-refractivity contribution < 1.29 is 32.6 Å². The maximum Gasteiger partial charge on any atom is 0.694 e. The quantitative estimate of drug-likeness (QED) is 0.0992. The number of ether oxygens (including phenoxy) is 3. The van der Waals surface area contributed by atoms with Crippen molar-refractivity contribution in [1.82, 2.24) is 19.5 Å². The van der Waals surface area contributed by atoms with E-state index in [9.17, 15) is 9.46 Å². The van der Waals surface area contributed by atoms with Gasteiger partial charge < -0.3 is 19.5 Å². The maximum absolute atomic E-state index is 16.0. The Bertz CT molecular complexity index is 1940. The molecule has 0 spiro atoms. The minimum Gasteiger partial charge on any atom is -0.497 e. The number of hydrogen-bond acceptors (Lipinski definition) is 9. The molecular weight excluding hydrogens is 660 g/mol. The summed E-state index contributed by atoms with van der Waals surface area (Å²) in [6.07, 6.45) is -2.14. The van der Waals surface area contributed by atoms with Crippen molar-refractivity contribution >= 4 is 25.2 Å². The van der Waals surface area contributed by atoms with E-state index in [0.29, 0.717) is 22.7 Å². The van der Waals surface area contributed by atoms with Crippen molar-refractivity contribution in [2.24, 2.45) is 0 Å². The summed E-state index contributed by atoms with van der Waals surface area (Å²) in [7, 11) is -1.38. The molecule has 254 valence electrons. The smallest absolute Gasteiger partial charge is 0.497 e. The summed E-state index contributed by atoms with van der Waals surface area (Å²) in [6.45, 7) is -0.382. The van der Waals surface area contributed by atoms with Crippen LogP contribution >= 0.6 is 8.25 Å². The summed E-state index contributed by atoms with van der Waals surface area (Å²) >= 11 is 0. The molecule has 1 fully saturated rings. The van der Waals surface area contributed by atoms with E-state index in [0.717, 1.165) is 22.3 Å². The van der Waals surface area contributed by atoms with Crippen LogP contribution in [0.4, 0.5) is 10.2 Å². The normalized spacial score (nSPS) is 19.4. The minimum absolute atomic E-state index is 0.0684. The second-order valence-corrected chi connectivity index (χ2v) is 12.4. The Balaban J connectivity index is 1.28. The molecule has 1 aliphatic heterocycles. The molecule has 7 rings (SSSR count). The van der Waals surface area contributed by atoms with Crippen LogP contribution in [-0.4, -0.2) is 56.5 Å². The van der Waals surface area contributed by atoms with Gasteiger partial charge >= 0.3 is 8.25 Å². The molecule has 5 atom stereocenters. The second-order valence-electron chi connectivity index (χ2n) is 11.7. The van der Waals surface area contributed by atoms with Crippen molar-refractivity contribution in [1.29, 1.82) is 0 Å². The fourth-order valence-corrected chi connectivity index (χ4v) is 6.64. The molecule has 0 radical (unpaired) electrons. The first-order chi connectivity index (χ1) is 24.5. The Morgan fingerprint density at radius 2 is 1.48 bits per heavy atom. The van der Waals surface area contributed by atoms with Gasteiger partial charge in [0.2, 0.25) is 0 Å². The molecule has 2 aromatic heterocycles. The fourth-order valence-electron chi connectivity index (χ4n) is 6.37. The zero-order valence-corrected chi connectivity index (χ0v) is 27.8. The summed E-state index contributed by atoms with van der Waals surface area (Å²) in [5.74, 6) is 1.12. The van der Waals surface area contributed by atoms with Crippen molar-refractivity contribution in [3.8, 4) is 5.75 Å². The van der Waals surface area contributed by atoms with Gasteiger partial charge in [0.25, 0.3) is 0 Å². The van der Waals surface area contributed by atoms with Gasteiger partial charge in [-0.15, -0.1) is 9.42 Å². The number of benzene rings is 4. The summed E-state index contributed by atoms with van der Waals surface area (Å²) in [6, 6.07) is 37.5. The Morgan fingerprint density at radius 3 is 2.04 bits per heavy atom. The van der Waals surface area contributed by atoms with E-state index in [-0.39, 0.29) is 6.61 Å². The van der Waals surface area contributed by atoms with E-state index in [1.165, 1.54) is 12.7 Å². The second kappa shape index (κ2) is 14.8. The van der Waals surface area contributed by atoms with Gasteiger partial charge in [0.1, 0.15) is 36.4 Å². The summed E-state index contributed by atoms with van der Waals surface area (Å²) in [4.78, 5) is 23.2. The predicted octanol–water partition coefficient (Wildman–Crippen LogP) is 6.73. The topological polar surface area (TPSA) is 130 Å². The molecule has 11 nitrogen and oxygen atoms in total. The van der Waals surface area contributed by atoms with Crippen molar-refractivity contribution in [2.75, 3.05) is 19.0 Å². The SMILES string of the molecule is COc1ccc(CO[C@H]2C(F)[C@@H](CO[P+](=O)O)O[C@H]2n2cnc3c(NC(c4ccccc4)(c4ccccc4)c4ccccc4)ncnc32)cc1. The number of methoxy groups -OCH3 is 1. The fraction of sp³-hybridized carbons (Fsp3) is 0.216.